The molecule has 0 saturated heterocycles. The van der Waals surface area contributed by atoms with Crippen LogP contribution in [0.2, 0.25) is 23.3 Å². The van der Waals surface area contributed by atoms with Crippen LogP contribution in [0.3, 0.4) is 0 Å². The number of carbonyl (C=O) groups is 2. The molecule has 1 aromatic heterocycles. The number of ether oxygens (including phenoxy) is 3. The fourth-order valence-corrected chi connectivity index (χ4v) is 7.97. The van der Waals surface area contributed by atoms with Crippen LogP contribution in [0.1, 0.15) is 74.0 Å². The first kappa shape index (κ1) is 36.2. The summed E-state index contributed by atoms with van der Waals surface area (Å²) in [5.41, 5.74) is 6.76. The van der Waals surface area contributed by atoms with Gasteiger partial charge in [-0.15, -0.1) is 5.10 Å². The number of hydrogen-bond acceptors (Lipinski definition) is 8. The highest BCUT2D eigenvalue weighted by Gasteiger charge is 2.35. The number of anilines is 1. The van der Waals surface area contributed by atoms with Gasteiger partial charge in [0.1, 0.15) is 23.6 Å². The molecule has 1 heterocycles. The van der Waals surface area contributed by atoms with E-state index >= 15 is 0 Å². The van der Waals surface area contributed by atoms with Crippen molar-refractivity contribution >= 4 is 48.7 Å². The van der Waals surface area contributed by atoms with E-state index in [1.165, 1.54) is 0 Å². The average Bonchev–Trinajstić information content (AvgIpc) is 3.28. The van der Waals surface area contributed by atoms with E-state index in [0.717, 1.165) is 28.4 Å². The van der Waals surface area contributed by atoms with Crippen molar-refractivity contribution in [2.24, 2.45) is 0 Å². The van der Waals surface area contributed by atoms with Gasteiger partial charge >= 0.3 is 12.2 Å². The fraction of sp³-hybridized carbons (Fsp3) is 0.545. The highest BCUT2D eigenvalue weighted by Crippen LogP contribution is 2.32. The first-order valence-corrected chi connectivity index (χ1v) is 18.5. The maximum absolute atomic E-state index is 13.5. The minimum atomic E-state index is -2.07. The number of hydrogen-bond donors (Lipinski definition) is 1. The Morgan fingerprint density at radius 1 is 0.978 bits per heavy atom. The summed E-state index contributed by atoms with van der Waals surface area (Å²) in [6.45, 7) is 18.0. The molecule has 2 aromatic carbocycles. The fourth-order valence-electron chi connectivity index (χ4n) is 4.92. The van der Waals surface area contributed by atoms with Gasteiger partial charge in [0.2, 0.25) is 0 Å². The number of nitrogen functional groups attached to an aromatic ring is 1. The first-order chi connectivity index (χ1) is 21.0. The summed E-state index contributed by atoms with van der Waals surface area (Å²) >= 11 is 6.31. The number of halogens is 1. The topological polar surface area (TPSA) is 118 Å². The largest absolute Gasteiger partial charge is 0.492 e. The van der Waals surface area contributed by atoms with E-state index in [1.54, 1.807) is 43.9 Å². The summed E-state index contributed by atoms with van der Waals surface area (Å²) in [4.78, 5) is 27.9. The highest BCUT2D eigenvalue weighted by atomic mass is 35.5. The Balaban J connectivity index is 1.88. The zero-order valence-electron chi connectivity index (χ0n) is 28.1. The summed E-state index contributed by atoms with van der Waals surface area (Å²) < 4.78 is 25.5. The third-order valence-electron chi connectivity index (χ3n) is 7.45. The molecule has 45 heavy (non-hydrogen) atoms. The Hall–Kier alpha value is -3.28. The third-order valence-corrected chi connectivity index (χ3v) is 12.4. The second kappa shape index (κ2) is 14.9. The Bertz CT molecular complexity index is 1450. The lowest BCUT2D eigenvalue weighted by Crippen LogP contribution is -2.45. The van der Waals surface area contributed by atoms with E-state index < -0.39 is 37.8 Å². The quantitative estimate of drug-likeness (QED) is 0.152. The van der Waals surface area contributed by atoms with Crippen molar-refractivity contribution in [1.29, 1.82) is 0 Å². The van der Waals surface area contributed by atoms with Gasteiger partial charge < -0.3 is 29.3 Å². The van der Waals surface area contributed by atoms with Crippen molar-refractivity contribution < 1.29 is 28.2 Å². The Kier molecular flexibility index (Phi) is 12.0. The summed E-state index contributed by atoms with van der Waals surface area (Å²) in [7, 11) is -2.07. The number of nitrogens with zero attached hydrogens (tertiary/aromatic N) is 3. The SMILES string of the molecule is CC[Si](CC)(CC)O[C@@H](CN(CCOc1ccc2c(Cl)nn(C(=O)OC(C)(C)C)c2c1)C(=O)OC(C)(C)C)c1cccc(N)c1. The lowest BCUT2D eigenvalue weighted by molar-refractivity contribution is 0.0131. The lowest BCUT2D eigenvalue weighted by atomic mass is 10.1. The first-order valence-electron chi connectivity index (χ1n) is 15.6. The molecular weight excluding hydrogens is 612 g/mol. The van der Waals surface area contributed by atoms with Crippen LogP contribution in [0.5, 0.6) is 5.75 Å². The molecule has 0 spiro atoms. The minimum Gasteiger partial charge on any atom is -0.492 e. The van der Waals surface area contributed by atoms with Gasteiger partial charge in [0.25, 0.3) is 0 Å². The number of benzene rings is 2. The van der Waals surface area contributed by atoms with Crippen molar-refractivity contribution in [3.8, 4) is 5.75 Å². The molecule has 1 amide bonds. The molecule has 10 nitrogen and oxygen atoms in total. The van der Waals surface area contributed by atoms with E-state index in [-0.39, 0.29) is 24.8 Å². The Morgan fingerprint density at radius 2 is 1.62 bits per heavy atom. The molecule has 1 atom stereocenters. The van der Waals surface area contributed by atoms with Crippen LogP contribution in [0.4, 0.5) is 15.3 Å². The minimum absolute atomic E-state index is 0.153. The second-order valence-corrected chi connectivity index (χ2v) is 18.2. The van der Waals surface area contributed by atoms with Crippen LogP contribution in [0, 0.1) is 0 Å². The van der Waals surface area contributed by atoms with Gasteiger partial charge in [-0.2, -0.15) is 4.68 Å². The number of rotatable bonds is 12. The zero-order chi connectivity index (χ0) is 33.6. The van der Waals surface area contributed by atoms with E-state index in [1.807, 2.05) is 45.0 Å². The third kappa shape index (κ3) is 10.1. The molecule has 0 radical (unpaired) electrons. The molecule has 0 aliphatic carbocycles. The van der Waals surface area contributed by atoms with Gasteiger partial charge in [0.15, 0.2) is 13.5 Å². The number of fused-ring (bicyclic) bond motifs is 1. The number of amides is 1. The van der Waals surface area contributed by atoms with Gasteiger partial charge in [0, 0.05) is 17.1 Å². The van der Waals surface area contributed by atoms with Gasteiger partial charge in [-0.1, -0.05) is 44.5 Å². The van der Waals surface area contributed by atoms with Crippen molar-refractivity contribution in [3.05, 3.63) is 53.2 Å². The van der Waals surface area contributed by atoms with Crippen molar-refractivity contribution in [2.75, 3.05) is 25.4 Å². The van der Waals surface area contributed by atoms with Gasteiger partial charge in [-0.05, 0) is 89.5 Å². The molecule has 0 fully saturated rings. The summed E-state index contributed by atoms with van der Waals surface area (Å²) in [6, 6.07) is 15.7. The summed E-state index contributed by atoms with van der Waals surface area (Å²) in [6.07, 6.45) is -1.51. The molecule has 0 unspecified atom stereocenters. The molecule has 3 aromatic rings. The molecule has 0 saturated carbocycles. The van der Waals surface area contributed by atoms with Crippen LogP contribution in [-0.2, 0) is 13.9 Å². The average molecular weight is 661 g/mol. The van der Waals surface area contributed by atoms with Crippen LogP contribution in [0.15, 0.2) is 42.5 Å². The highest BCUT2D eigenvalue weighted by molar-refractivity contribution is 6.73. The zero-order valence-corrected chi connectivity index (χ0v) is 29.9. The normalized spacial score (nSPS) is 13.0. The van der Waals surface area contributed by atoms with Crippen molar-refractivity contribution in [2.45, 2.75) is 97.8 Å². The standard InChI is InChI=1S/C33H49ClN4O6Si/c1-10-45(11-2,12-3)44-28(23-14-13-15-24(35)20-23)22-37(30(39)42-32(4,5)6)18-19-41-25-16-17-26-27(21-25)38(36-29(26)34)31(40)43-33(7,8)9/h13-17,20-21,28H,10-12,18-19,22,35H2,1-9H3/t28-/m0/s1. The summed E-state index contributed by atoms with van der Waals surface area (Å²) in [5, 5.41) is 4.93. The Morgan fingerprint density at radius 3 is 2.20 bits per heavy atom. The molecule has 0 aliphatic rings. The predicted molar refractivity (Wildman–Crippen MR) is 182 cm³/mol. The maximum atomic E-state index is 13.5. The van der Waals surface area contributed by atoms with Crippen LogP contribution in [0.25, 0.3) is 10.9 Å². The maximum Gasteiger partial charge on any atom is 0.435 e. The number of carbonyl (C=O) groups excluding carboxylic acids is 2. The molecular formula is C33H49ClN4O6Si. The summed E-state index contributed by atoms with van der Waals surface area (Å²) in [5.74, 6) is 0.478. The van der Waals surface area contributed by atoms with Gasteiger partial charge in [-0.25, -0.2) is 9.59 Å². The molecule has 12 heteroatoms. The number of aromatic nitrogens is 2. The monoisotopic (exact) mass is 660 g/mol. The number of nitrogens with two attached hydrogens (primary N) is 1. The lowest BCUT2D eigenvalue weighted by Gasteiger charge is -2.36. The van der Waals surface area contributed by atoms with Crippen LogP contribution in [-0.4, -0.2) is 66.1 Å². The van der Waals surface area contributed by atoms with Crippen LogP contribution >= 0.6 is 11.6 Å². The van der Waals surface area contributed by atoms with Crippen molar-refractivity contribution in [3.63, 3.8) is 0 Å². The van der Waals surface area contributed by atoms with Gasteiger partial charge in [0.05, 0.1) is 24.7 Å². The molecule has 0 aliphatic heterocycles. The molecule has 2 N–H and O–H groups in total. The van der Waals surface area contributed by atoms with Gasteiger partial charge in [-0.3, -0.25) is 0 Å². The Labute approximate surface area is 273 Å². The van der Waals surface area contributed by atoms with E-state index in [0.29, 0.717) is 22.3 Å². The van der Waals surface area contributed by atoms with Crippen molar-refractivity contribution in [1.82, 2.24) is 14.7 Å². The van der Waals surface area contributed by atoms with E-state index in [2.05, 4.69) is 25.9 Å². The molecule has 248 valence electrons. The van der Waals surface area contributed by atoms with Crippen LogP contribution < -0.4 is 10.5 Å². The molecule has 0 bridgehead atoms. The molecule has 3 rings (SSSR count). The predicted octanol–water partition coefficient (Wildman–Crippen LogP) is 8.43. The smallest absolute Gasteiger partial charge is 0.435 e. The van der Waals surface area contributed by atoms with E-state index in [4.69, 9.17) is 36.0 Å². The van der Waals surface area contributed by atoms with E-state index in [9.17, 15) is 9.59 Å². The second-order valence-electron chi connectivity index (χ2n) is 13.2.